The summed E-state index contributed by atoms with van der Waals surface area (Å²) >= 11 is 1.81. The summed E-state index contributed by atoms with van der Waals surface area (Å²) in [6.07, 6.45) is 1.56. The van der Waals surface area contributed by atoms with E-state index >= 15 is 0 Å². The monoisotopic (exact) mass is 283 g/mol. The summed E-state index contributed by atoms with van der Waals surface area (Å²) in [4.78, 5) is 0. The van der Waals surface area contributed by atoms with E-state index in [0.29, 0.717) is 25.0 Å². The van der Waals surface area contributed by atoms with Crippen LogP contribution >= 0.6 is 11.8 Å². The minimum absolute atomic E-state index is 0.523. The maximum atomic E-state index is 10.1. The van der Waals surface area contributed by atoms with Gasteiger partial charge in [-0.05, 0) is 24.0 Å². The molecule has 5 heteroatoms. The molecule has 0 saturated heterocycles. The first-order valence-corrected chi connectivity index (χ1v) is 7.80. The number of fused-ring (bicyclic) bond motifs is 1. The van der Waals surface area contributed by atoms with Gasteiger partial charge in [0.2, 0.25) is 0 Å². The summed E-state index contributed by atoms with van der Waals surface area (Å²) in [6, 6.07) is 5.61. The van der Waals surface area contributed by atoms with Crippen molar-refractivity contribution in [1.82, 2.24) is 5.32 Å². The Hall–Kier alpha value is -0.910. The molecule has 1 aromatic carbocycles. The predicted molar refractivity (Wildman–Crippen MR) is 78.2 cm³/mol. The average Bonchev–Trinajstić information content (AvgIpc) is 2.46. The first kappa shape index (κ1) is 14.5. The highest BCUT2D eigenvalue weighted by atomic mass is 32.2. The van der Waals surface area contributed by atoms with Crippen molar-refractivity contribution in [2.24, 2.45) is 0 Å². The number of nitrogens with one attached hydrogen (secondary N) is 1. The zero-order valence-corrected chi connectivity index (χ0v) is 12.2. The van der Waals surface area contributed by atoms with Gasteiger partial charge in [0.15, 0.2) is 11.5 Å². The molecule has 0 radical (unpaired) electrons. The van der Waals surface area contributed by atoms with Crippen molar-refractivity contribution in [3.63, 3.8) is 0 Å². The fourth-order valence-corrected chi connectivity index (χ4v) is 2.18. The Bertz CT molecular complexity index is 414. The Morgan fingerprint density at radius 1 is 1.26 bits per heavy atom. The van der Waals surface area contributed by atoms with E-state index in [1.807, 2.05) is 30.0 Å². The molecule has 106 valence electrons. The standard InChI is InChI=1S/C14H21NO3S/c1-10(19-2)8-15-9-12(16)11-3-4-13-14(7-11)18-6-5-17-13/h3-4,7,10,12,15-16H,5-6,8-9H2,1-2H3. The van der Waals surface area contributed by atoms with E-state index in [0.717, 1.165) is 23.6 Å². The fraction of sp³-hybridized carbons (Fsp3) is 0.571. The van der Waals surface area contributed by atoms with Gasteiger partial charge in [-0.15, -0.1) is 0 Å². The van der Waals surface area contributed by atoms with Crippen molar-refractivity contribution in [2.75, 3.05) is 32.6 Å². The van der Waals surface area contributed by atoms with Crippen LogP contribution in [0.25, 0.3) is 0 Å². The van der Waals surface area contributed by atoms with Crippen LogP contribution in [-0.2, 0) is 0 Å². The van der Waals surface area contributed by atoms with E-state index in [2.05, 4.69) is 18.5 Å². The minimum atomic E-state index is -0.523. The number of benzene rings is 1. The van der Waals surface area contributed by atoms with E-state index in [9.17, 15) is 5.11 Å². The van der Waals surface area contributed by atoms with Crippen molar-refractivity contribution >= 4 is 11.8 Å². The van der Waals surface area contributed by atoms with Gasteiger partial charge in [0, 0.05) is 18.3 Å². The van der Waals surface area contributed by atoms with Crippen molar-refractivity contribution < 1.29 is 14.6 Å². The second-order valence-corrected chi connectivity index (χ2v) is 5.90. The highest BCUT2D eigenvalue weighted by molar-refractivity contribution is 7.99. The first-order valence-electron chi connectivity index (χ1n) is 6.52. The zero-order chi connectivity index (χ0) is 13.7. The van der Waals surface area contributed by atoms with Crippen LogP contribution in [0.2, 0.25) is 0 Å². The molecule has 2 N–H and O–H groups in total. The molecule has 0 saturated carbocycles. The van der Waals surface area contributed by atoms with Gasteiger partial charge in [-0.2, -0.15) is 11.8 Å². The van der Waals surface area contributed by atoms with Gasteiger partial charge >= 0.3 is 0 Å². The number of ether oxygens (including phenoxy) is 2. The number of thioether (sulfide) groups is 1. The van der Waals surface area contributed by atoms with Crippen LogP contribution in [0.1, 0.15) is 18.6 Å². The van der Waals surface area contributed by atoms with Gasteiger partial charge in [-0.3, -0.25) is 0 Å². The Balaban J connectivity index is 1.90. The van der Waals surface area contributed by atoms with Gasteiger partial charge < -0.3 is 19.9 Å². The topological polar surface area (TPSA) is 50.7 Å². The lowest BCUT2D eigenvalue weighted by Crippen LogP contribution is -2.27. The Morgan fingerprint density at radius 3 is 2.74 bits per heavy atom. The van der Waals surface area contributed by atoms with Gasteiger partial charge in [0.25, 0.3) is 0 Å². The normalized spacial score (nSPS) is 17.0. The highest BCUT2D eigenvalue weighted by Gasteiger charge is 2.15. The predicted octanol–water partition coefficient (Wildman–Crippen LogP) is 1.83. The lowest BCUT2D eigenvalue weighted by molar-refractivity contribution is 0.163. The Kier molecular flexibility index (Phi) is 5.36. The summed E-state index contributed by atoms with van der Waals surface area (Å²) in [7, 11) is 0. The smallest absolute Gasteiger partial charge is 0.161 e. The summed E-state index contributed by atoms with van der Waals surface area (Å²) in [5, 5.41) is 14.0. The zero-order valence-electron chi connectivity index (χ0n) is 11.4. The molecule has 1 aromatic rings. The second kappa shape index (κ2) is 7.03. The van der Waals surface area contributed by atoms with Crippen LogP contribution < -0.4 is 14.8 Å². The number of aliphatic hydroxyl groups is 1. The maximum Gasteiger partial charge on any atom is 0.161 e. The van der Waals surface area contributed by atoms with E-state index < -0.39 is 6.10 Å². The number of hydrogen-bond donors (Lipinski definition) is 2. The molecule has 1 aliphatic rings. The summed E-state index contributed by atoms with van der Waals surface area (Å²) in [5.74, 6) is 1.48. The molecule has 1 heterocycles. The molecule has 1 aliphatic heterocycles. The highest BCUT2D eigenvalue weighted by Crippen LogP contribution is 2.32. The second-order valence-electron chi connectivity index (χ2n) is 4.62. The van der Waals surface area contributed by atoms with Gasteiger partial charge in [-0.25, -0.2) is 0 Å². The quantitative estimate of drug-likeness (QED) is 0.834. The third-order valence-electron chi connectivity index (χ3n) is 3.12. The molecule has 2 rings (SSSR count). The summed E-state index contributed by atoms with van der Waals surface area (Å²) in [6.45, 7) is 4.75. The van der Waals surface area contributed by atoms with E-state index in [-0.39, 0.29) is 0 Å². The van der Waals surface area contributed by atoms with Crippen LogP contribution in [0.3, 0.4) is 0 Å². The van der Waals surface area contributed by atoms with E-state index in [4.69, 9.17) is 9.47 Å². The SMILES string of the molecule is CSC(C)CNCC(O)c1ccc2c(c1)OCCO2. The molecular formula is C14H21NO3S. The molecule has 19 heavy (non-hydrogen) atoms. The van der Waals surface area contributed by atoms with Gasteiger partial charge in [0.05, 0.1) is 6.10 Å². The molecule has 4 nitrogen and oxygen atoms in total. The molecule has 0 fully saturated rings. The minimum Gasteiger partial charge on any atom is -0.486 e. The van der Waals surface area contributed by atoms with Crippen molar-refractivity contribution in [2.45, 2.75) is 18.3 Å². The van der Waals surface area contributed by atoms with Gasteiger partial charge in [0.1, 0.15) is 13.2 Å². The molecule has 0 amide bonds. The van der Waals surface area contributed by atoms with E-state index in [1.54, 1.807) is 0 Å². The van der Waals surface area contributed by atoms with Crippen molar-refractivity contribution in [3.8, 4) is 11.5 Å². The van der Waals surface area contributed by atoms with Crippen LogP contribution in [0.5, 0.6) is 11.5 Å². The molecule has 0 aliphatic carbocycles. The van der Waals surface area contributed by atoms with Crippen molar-refractivity contribution in [3.05, 3.63) is 23.8 Å². The number of aliphatic hydroxyl groups excluding tert-OH is 1. The van der Waals surface area contributed by atoms with Crippen LogP contribution in [0, 0.1) is 0 Å². The largest absolute Gasteiger partial charge is 0.486 e. The lowest BCUT2D eigenvalue weighted by atomic mass is 10.1. The molecular weight excluding hydrogens is 262 g/mol. The Morgan fingerprint density at radius 2 is 2.00 bits per heavy atom. The summed E-state index contributed by atoms with van der Waals surface area (Å²) in [5.41, 5.74) is 0.855. The third-order valence-corrected chi connectivity index (χ3v) is 4.09. The maximum absolute atomic E-state index is 10.1. The molecule has 0 aromatic heterocycles. The van der Waals surface area contributed by atoms with Crippen LogP contribution in [0.15, 0.2) is 18.2 Å². The summed E-state index contributed by atoms with van der Waals surface area (Å²) < 4.78 is 11.0. The lowest BCUT2D eigenvalue weighted by Gasteiger charge is -2.20. The molecule has 0 spiro atoms. The molecule has 2 atom stereocenters. The number of hydrogen-bond acceptors (Lipinski definition) is 5. The Labute approximate surface area is 118 Å². The van der Waals surface area contributed by atoms with E-state index in [1.165, 1.54) is 0 Å². The van der Waals surface area contributed by atoms with Crippen LogP contribution in [0.4, 0.5) is 0 Å². The number of rotatable bonds is 6. The molecule has 0 bridgehead atoms. The van der Waals surface area contributed by atoms with Crippen molar-refractivity contribution in [1.29, 1.82) is 0 Å². The molecule has 2 unspecified atom stereocenters. The first-order chi connectivity index (χ1) is 9.20. The third kappa shape index (κ3) is 4.03. The average molecular weight is 283 g/mol. The van der Waals surface area contributed by atoms with Crippen LogP contribution in [-0.4, -0.2) is 42.9 Å². The fourth-order valence-electron chi connectivity index (χ4n) is 1.89. The van der Waals surface area contributed by atoms with Gasteiger partial charge in [-0.1, -0.05) is 13.0 Å².